The first-order valence-corrected chi connectivity index (χ1v) is 5.96. The molecule has 0 bridgehead atoms. The van der Waals surface area contributed by atoms with Crippen LogP contribution in [-0.2, 0) is 0 Å². The SMILES string of the molecule is C/C=C/c1c(C(C)C)cc(O)cc1C(C)C. The Kier molecular flexibility index (Phi) is 4.17. The number of hydrogen-bond acceptors (Lipinski definition) is 1. The summed E-state index contributed by atoms with van der Waals surface area (Å²) in [6, 6.07) is 3.76. The van der Waals surface area contributed by atoms with Gasteiger partial charge in [0.1, 0.15) is 5.75 Å². The van der Waals surface area contributed by atoms with Crippen LogP contribution in [0.25, 0.3) is 6.08 Å². The van der Waals surface area contributed by atoms with Gasteiger partial charge in [0.2, 0.25) is 0 Å². The van der Waals surface area contributed by atoms with Crippen molar-refractivity contribution in [2.24, 2.45) is 0 Å². The van der Waals surface area contributed by atoms with E-state index in [0.29, 0.717) is 17.6 Å². The molecule has 0 aliphatic carbocycles. The fraction of sp³-hybridized carbons (Fsp3) is 0.467. The van der Waals surface area contributed by atoms with Crippen LogP contribution in [0.1, 0.15) is 63.1 Å². The number of benzene rings is 1. The number of rotatable bonds is 3. The molecule has 1 heteroatoms. The summed E-state index contributed by atoms with van der Waals surface area (Å²) in [4.78, 5) is 0. The summed E-state index contributed by atoms with van der Waals surface area (Å²) in [6.07, 6.45) is 4.20. The van der Waals surface area contributed by atoms with E-state index in [9.17, 15) is 5.11 Å². The smallest absolute Gasteiger partial charge is 0.116 e. The van der Waals surface area contributed by atoms with Crippen molar-refractivity contribution in [2.75, 3.05) is 0 Å². The Morgan fingerprint density at radius 2 is 1.44 bits per heavy atom. The van der Waals surface area contributed by atoms with Gasteiger partial charge in [-0.2, -0.15) is 0 Å². The molecule has 0 aliphatic rings. The topological polar surface area (TPSA) is 20.2 Å². The Morgan fingerprint density at radius 3 is 1.75 bits per heavy atom. The number of phenols is 1. The normalized spacial score (nSPS) is 11.9. The van der Waals surface area contributed by atoms with Crippen LogP contribution in [0.3, 0.4) is 0 Å². The van der Waals surface area contributed by atoms with E-state index < -0.39 is 0 Å². The van der Waals surface area contributed by atoms with E-state index in [1.165, 1.54) is 16.7 Å². The van der Waals surface area contributed by atoms with Crippen LogP contribution in [0.2, 0.25) is 0 Å². The molecule has 1 rings (SSSR count). The van der Waals surface area contributed by atoms with Gasteiger partial charge in [0.05, 0.1) is 0 Å². The van der Waals surface area contributed by atoms with Gasteiger partial charge in [0.15, 0.2) is 0 Å². The molecule has 0 radical (unpaired) electrons. The molecule has 0 heterocycles. The zero-order valence-electron chi connectivity index (χ0n) is 10.9. The lowest BCUT2D eigenvalue weighted by molar-refractivity contribution is 0.472. The van der Waals surface area contributed by atoms with Gasteiger partial charge in [-0.15, -0.1) is 0 Å². The van der Waals surface area contributed by atoms with Gasteiger partial charge in [0.25, 0.3) is 0 Å². The third-order valence-corrected chi connectivity index (χ3v) is 2.81. The molecule has 1 aromatic rings. The van der Waals surface area contributed by atoms with E-state index in [4.69, 9.17) is 0 Å². The second-order valence-corrected chi connectivity index (χ2v) is 4.85. The highest BCUT2D eigenvalue weighted by molar-refractivity contribution is 5.61. The molecule has 0 atom stereocenters. The molecule has 1 aromatic carbocycles. The molecule has 1 nitrogen and oxygen atoms in total. The van der Waals surface area contributed by atoms with Gasteiger partial charge in [-0.25, -0.2) is 0 Å². The summed E-state index contributed by atoms with van der Waals surface area (Å²) in [5.74, 6) is 1.23. The third kappa shape index (κ3) is 2.66. The lowest BCUT2D eigenvalue weighted by Gasteiger charge is -2.18. The molecule has 0 amide bonds. The van der Waals surface area contributed by atoms with Crippen LogP contribution in [0.4, 0.5) is 0 Å². The Hall–Kier alpha value is -1.24. The average molecular weight is 218 g/mol. The minimum atomic E-state index is 0.376. The maximum Gasteiger partial charge on any atom is 0.116 e. The summed E-state index contributed by atoms with van der Waals surface area (Å²) in [7, 11) is 0. The number of allylic oxidation sites excluding steroid dienone is 1. The number of aromatic hydroxyl groups is 1. The summed E-state index contributed by atoms with van der Waals surface area (Å²) in [6.45, 7) is 10.7. The van der Waals surface area contributed by atoms with Crippen molar-refractivity contribution in [2.45, 2.75) is 46.5 Å². The van der Waals surface area contributed by atoms with Crippen LogP contribution in [0.15, 0.2) is 18.2 Å². The van der Waals surface area contributed by atoms with E-state index in [1.807, 2.05) is 19.1 Å². The maximum absolute atomic E-state index is 9.76. The lowest BCUT2D eigenvalue weighted by Crippen LogP contribution is -1.99. The van der Waals surface area contributed by atoms with Crippen molar-refractivity contribution in [3.8, 4) is 5.75 Å². The van der Waals surface area contributed by atoms with Crippen molar-refractivity contribution in [1.29, 1.82) is 0 Å². The largest absolute Gasteiger partial charge is 0.508 e. The highest BCUT2D eigenvalue weighted by atomic mass is 16.3. The van der Waals surface area contributed by atoms with Crippen LogP contribution in [0, 0.1) is 0 Å². The van der Waals surface area contributed by atoms with Crippen LogP contribution in [-0.4, -0.2) is 5.11 Å². The molecule has 0 fully saturated rings. The van der Waals surface area contributed by atoms with E-state index in [-0.39, 0.29) is 0 Å². The number of hydrogen-bond donors (Lipinski definition) is 1. The van der Waals surface area contributed by atoms with Gasteiger partial charge in [0, 0.05) is 0 Å². The van der Waals surface area contributed by atoms with Crippen molar-refractivity contribution in [3.05, 3.63) is 34.9 Å². The molecule has 1 N–H and O–H groups in total. The second kappa shape index (κ2) is 5.20. The molecule has 16 heavy (non-hydrogen) atoms. The van der Waals surface area contributed by atoms with E-state index in [0.717, 1.165) is 0 Å². The Bertz CT molecular complexity index is 357. The standard InChI is InChI=1S/C15H22O/c1-6-7-13-14(10(2)3)8-12(16)9-15(13)11(4)5/h6-11,16H,1-5H3/b7-6+. The summed E-state index contributed by atoms with van der Waals surface area (Å²) >= 11 is 0. The summed E-state index contributed by atoms with van der Waals surface area (Å²) in [5.41, 5.74) is 3.72. The summed E-state index contributed by atoms with van der Waals surface area (Å²) in [5, 5.41) is 9.76. The van der Waals surface area contributed by atoms with Crippen LogP contribution in [0.5, 0.6) is 5.75 Å². The predicted molar refractivity (Wildman–Crippen MR) is 71.0 cm³/mol. The van der Waals surface area contributed by atoms with Crippen molar-refractivity contribution < 1.29 is 5.11 Å². The van der Waals surface area contributed by atoms with Crippen molar-refractivity contribution >= 4 is 6.08 Å². The average Bonchev–Trinajstić information content (AvgIpc) is 2.19. The highest BCUT2D eigenvalue weighted by Gasteiger charge is 2.13. The minimum absolute atomic E-state index is 0.376. The Labute approximate surface area is 98.8 Å². The molecule has 88 valence electrons. The van der Waals surface area contributed by atoms with Gasteiger partial charge in [-0.1, -0.05) is 39.8 Å². The monoisotopic (exact) mass is 218 g/mol. The van der Waals surface area contributed by atoms with Gasteiger partial charge in [-0.05, 0) is 47.6 Å². The van der Waals surface area contributed by atoms with E-state index in [2.05, 4.69) is 39.8 Å². The lowest BCUT2D eigenvalue weighted by atomic mass is 9.88. The fourth-order valence-corrected chi connectivity index (χ4v) is 2.00. The van der Waals surface area contributed by atoms with Gasteiger partial charge in [-0.3, -0.25) is 0 Å². The zero-order valence-corrected chi connectivity index (χ0v) is 10.9. The zero-order chi connectivity index (χ0) is 12.3. The van der Waals surface area contributed by atoms with Crippen molar-refractivity contribution in [1.82, 2.24) is 0 Å². The fourth-order valence-electron chi connectivity index (χ4n) is 2.00. The van der Waals surface area contributed by atoms with Crippen molar-refractivity contribution in [3.63, 3.8) is 0 Å². The van der Waals surface area contributed by atoms with Gasteiger partial charge >= 0.3 is 0 Å². The first kappa shape index (κ1) is 12.8. The van der Waals surface area contributed by atoms with E-state index in [1.54, 1.807) is 0 Å². The summed E-state index contributed by atoms with van der Waals surface area (Å²) < 4.78 is 0. The molecule has 0 unspecified atom stereocenters. The molecular weight excluding hydrogens is 196 g/mol. The Morgan fingerprint density at radius 1 is 1.00 bits per heavy atom. The molecule has 0 aromatic heterocycles. The maximum atomic E-state index is 9.76. The van der Waals surface area contributed by atoms with Crippen LogP contribution >= 0.6 is 0 Å². The minimum Gasteiger partial charge on any atom is -0.508 e. The first-order valence-electron chi connectivity index (χ1n) is 5.96. The second-order valence-electron chi connectivity index (χ2n) is 4.85. The Balaban J connectivity index is 3.47. The third-order valence-electron chi connectivity index (χ3n) is 2.81. The number of phenolic OH excluding ortho intramolecular Hbond substituents is 1. The first-order chi connectivity index (χ1) is 7.47. The van der Waals surface area contributed by atoms with Gasteiger partial charge < -0.3 is 5.11 Å². The quantitative estimate of drug-likeness (QED) is 0.781. The molecule has 0 saturated carbocycles. The van der Waals surface area contributed by atoms with E-state index >= 15 is 0 Å². The highest BCUT2D eigenvalue weighted by Crippen LogP contribution is 2.32. The predicted octanol–water partition coefficient (Wildman–Crippen LogP) is 4.67. The molecular formula is C15H22O. The van der Waals surface area contributed by atoms with Crippen LogP contribution < -0.4 is 0 Å². The molecule has 0 aliphatic heterocycles. The molecule has 0 saturated heterocycles. The molecule has 0 spiro atoms.